The number of imidazole rings is 1. The lowest BCUT2D eigenvalue weighted by Crippen LogP contribution is -2.24. The molecule has 2 rings (SSSR count). The number of nitrogens with zero attached hydrogens (tertiary/aromatic N) is 2. The lowest BCUT2D eigenvalue weighted by atomic mass is 10.1. The van der Waals surface area contributed by atoms with E-state index in [2.05, 4.69) is 14.9 Å². The summed E-state index contributed by atoms with van der Waals surface area (Å²) in [7, 11) is 0. The fourth-order valence-corrected chi connectivity index (χ4v) is 2.11. The Kier molecular flexibility index (Phi) is 5.35. The molecule has 1 aromatic carbocycles. The zero-order chi connectivity index (χ0) is 14.2. The van der Waals surface area contributed by atoms with Gasteiger partial charge in [0.2, 0.25) is 0 Å². The fraction of sp³-hybridized carbons (Fsp3) is 0.375. The van der Waals surface area contributed by atoms with Crippen molar-refractivity contribution in [2.45, 2.75) is 32.7 Å². The molecule has 0 fully saturated rings. The number of aromatic nitrogens is 2. The number of nitrogens with one attached hydrogen (secondary N) is 1. The molecular weight excluding hydrogens is 250 g/mol. The predicted octanol–water partition coefficient (Wildman–Crippen LogP) is 2.79. The Bertz CT molecular complexity index is 534. The molecule has 0 unspecified atom stereocenters. The molecule has 1 N–H and O–H groups in total. The molecule has 0 atom stereocenters. The molecule has 0 saturated heterocycles. The molecule has 0 radical (unpaired) electrons. The van der Waals surface area contributed by atoms with Gasteiger partial charge in [-0.05, 0) is 38.3 Å². The van der Waals surface area contributed by atoms with Crippen molar-refractivity contribution in [2.75, 3.05) is 6.54 Å². The molecule has 0 aliphatic heterocycles. The first-order valence-corrected chi connectivity index (χ1v) is 7.06. The largest absolute Gasteiger partial charge is 0.352 e. The summed E-state index contributed by atoms with van der Waals surface area (Å²) in [6.07, 6.45) is 8.82. The third kappa shape index (κ3) is 4.53. The van der Waals surface area contributed by atoms with Gasteiger partial charge in [-0.2, -0.15) is 0 Å². The van der Waals surface area contributed by atoms with Crippen molar-refractivity contribution < 1.29 is 4.79 Å². The average Bonchev–Trinajstić information content (AvgIpc) is 2.95. The third-order valence-corrected chi connectivity index (χ3v) is 3.22. The minimum atomic E-state index is 0.0170. The zero-order valence-corrected chi connectivity index (χ0v) is 11.9. The van der Waals surface area contributed by atoms with Gasteiger partial charge in [-0.25, -0.2) is 4.98 Å². The standard InChI is InChI=1S/C16H21N3O/c1-14-6-5-7-15(12-14)16(20)18-8-3-2-4-10-19-11-9-17-13-19/h5-7,9,11-13H,2-4,8,10H2,1H3,(H,18,20). The molecule has 4 nitrogen and oxygen atoms in total. The lowest BCUT2D eigenvalue weighted by Gasteiger charge is -2.06. The third-order valence-electron chi connectivity index (χ3n) is 3.22. The van der Waals surface area contributed by atoms with Gasteiger partial charge in [0.1, 0.15) is 0 Å². The van der Waals surface area contributed by atoms with Gasteiger partial charge in [0.05, 0.1) is 6.33 Å². The minimum Gasteiger partial charge on any atom is -0.352 e. The molecule has 0 bridgehead atoms. The summed E-state index contributed by atoms with van der Waals surface area (Å²) in [5, 5.41) is 2.96. The maximum absolute atomic E-state index is 11.9. The molecule has 1 heterocycles. The smallest absolute Gasteiger partial charge is 0.251 e. The van der Waals surface area contributed by atoms with Crippen LogP contribution in [0.5, 0.6) is 0 Å². The summed E-state index contributed by atoms with van der Waals surface area (Å²) in [5.41, 5.74) is 1.85. The molecule has 1 amide bonds. The van der Waals surface area contributed by atoms with Crippen LogP contribution in [-0.4, -0.2) is 22.0 Å². The van der Waals surface area contributed by atoms with Gasteiger partial charge in [-0.15, -0.1) is 0 Å². The highest BCUT2D eigenvalue weighted by molar-refractivity contribution is 5.94. The van der Waals surface area contributed by atoms with Crippen LogP contribution in [0.3, 0.4) is 0 Å². The van der Waals surface area contributed by atoms with E-state index in [1.807, 2.05) is 43.7 Å². The van der Waals surface area contributed by atoms with E-state index in [1.165, 1.54) is 0 Å². The number of benzene rings is 1. The molecule has 1 aromatic heterocycles. The van der Waals surface area contributed by atoms with Crippen molar-refractivity contribution in [3.8, 4) is 0 Å². The predicted molar refractivity (Wildman–Crippen MR) is 79.6 cm³/mol. The second-order valence-corrected chi connectivity index (χ2v) is 4.99. The quantitative estimate of drug-likeness (QED) is 0.787. The molecule has 4 heteroatoms. The normalized spacial score (nSPS) is 10.4. The summed E-state index contributed by atoms with van der Waals surface area (Å²) in [5.74, 6) is 0.0170. The van der Waals surface area contributed by atoms with Gasteiger partial charge < -0.3 is 9.88 Å². The van der Waals surface area contributed by atoms with E-state index in [-0.39, 0.29) is 5.91 Å². The van der Waals surface area contributed by atoms with Crippen LogP contribution in [0.1, 0.15) is 35.2 Å². The SMILES string of the molecule is Cc1cccc(C(=O)NCCCCCn2ccnc2)c1. The van der Waals surface area contributed by atoms with Gasteiger partial charge in [-0.3, -0.25) is 4.79 Å². The number of hydrogen-bond acceptors (Lipinski definition) is 2. The first-order chi connectivity index (χ1) is 9.75. The van der Waals surface area contributed by atoms with E-state index in [4.69, 9.17) is 0 Å². The van der Waals surface area contributed by atoms with Gasteiger partial charge in [0.15, 0.2) is 0 Å². The molecule has 2 aromatic rings. The number of unbranched alkanes of at least 4 members (excludes halogenated alkanes) is 2. The van der Waals surface area contributed by atoms with Crippen LogP contribution < -0.4 is 5.32 Å². The van der Waals surface area contributed by atoms with Gasteiger partial charge in [0, 0.05) is 31.0 Å². The highest BCUT2D eigenvalue weighted by Crippen LogP contribution is 2.04. The summed E-state index contributed by atoms with van der Waals surface area (Å²) in [6, 6.07) is 7.66. The molecule has 0 aliphatic carbocycles. The van der Waals surface area contributed by atoms with Gasteiger partial charge in [0.25, 0.3) is 5.91 Å². The number of aryl methyl sites for hydroxylation is 2. The molecule has 106 valence electrons. The van der Waals surface area contributed by atoms with E-state index in [0.29, 0.717) is 0 Å². The molecule has 0 aliphatic rings. The van der Waals surface area contributed by atoms with Crippen molar-refractivity contribution in [3.05, 3.63) is 54.1 Å². The Morgan fingerprint density at radius 2 is 2.20 bits per heavy atom. The van der Waals surface area contributed by atoms with E-state index in [0.717, 1.165) is 43.5 Å². The maximum Gasteiger partial charge on any atom is 0.251 e. The molecule has 0 saturated carbocycles. The van der Waals surface area contributed by atoms with Crippen LogP contribution >= 0.6 is 0 Å². The summed E-state index contributed by atoms with van der Waals surface area (Å²) in [4.78, 5) is 15.9. The Morgan fingerprint density at radius 1 is 1.30 bits per heavy atom. The first-order valence-electron chi connectivity index (χ1n) is 7.06. The zero-order valence-electron chi connectivity index (χ0n) is 11.9. The van der Waals surface area contributed by atoms with E-state index < -0.39 is 0 Å². The number of rotatable bonds is 7. The van der Waals surface area contributed by atoms with E-state index in [9.17, 15) is 4.79 Å². The van der Waals surface area contributed by atoms with Crippen LogP contribution in [0, 0.1) is 6.92 Å². The Balaban J connectivity index is 1.60. The summed E-state index contributed by atoms with van der Waals surface area (Å²) >= 11 is 0. The van der Waals surface area contributed by atoms with E-state index >= 15 is 0 Å². The summed E-state index contributed by atoms with van der Waals surface area (Å²) < 4.78 is 2.07. The van der Waals surface area contributed by atoms with Crippen LogP contribution in [0.2, 0.25) is 0 Å². The highest BCUT2D eigenvalue weighted by Gasteiger charge is 2.03. The topological polar surface area (TPSA) is 46.9 Å². The first kappa shape index (κ1) is 14.3. The van der Waals surface area contributed by atoms with Crippen LogP contribution in [0.25, 0.3) is 0 Å². The molecular formula is C16H21N3O. The maximum atomic E-state index is 11.9. The molecule has 20 heavy (non-hydrogen) atoms. The van der Waals surface area contributed by atoms with E-state index in [1.54, 1.807) is 6.20 Å². The Hall–Kier alpha value is -2.10. The number of carbonyl (C=O) groups is 1. The van der Waals surface area contributed by atoms with Gasteiger partial charge in [-0.1, -0.05) is 17.7 Å². The lowest BCUT2D eigenvalue weighted by molar-refractivity contribution is 0.0953. The van der Waals surface area contributed by atoms with Crippen LogP contribution in [-0.2, 0) is 6.54 Å². The molecule has 0 spiro atoms. The fourth-order valence-electron chi connectivity index (χ4n) is 2.11. The highest BCUT2D eigenvalue weighted by atomic mass is 16.1. The number of hydrogen-bond donors (Lipinski definition) is 1. The monoisotopic (exact) mass is 271 g/mol. The van der Waals surface area contributed by atoms with Crippen molar-refractivity contribution >= 4 is 5.91 Å². The van der Waals surface area contributed by atoms with Crippen LogP contribution in [0.4, 0.5) is 0 Å². The number of amides is 1. The number of carbonyl (C=O) groups excluding carboxylic acids is 1. The Morgan fingerprint density at radius 3 is 2.95 bits per heavy atom. The van der Waals surface area contributed by atoms with Crippen LogP contribution in [0.15, 0.2) is 43.0 Å². The van der Waals surface area contributed by atoms with Crippen molar-refractivity contribution in [3.63, 3.8) is 0 Å². The van der Waals surface area contributed by atoms with Crippen molar-refractivity contribution in [1.29, 1.82) is 0 Å². The second-order valence-electron chi connectivity index (χ2n) is 4.99. The Labute approximate surface area is 119 Å². The second kappa shape index (κ2) is 7.48. The van der Waals surface area contributed by atoms with Crippen molar-refractivity contribution in [1.82, 2.24) is 14.9 Å². The van der Waals surface area contributed by atoms with Gasteiger partial charge >= 0.3 is 0 Å². The van der Waals surface area contributed by atoms with Crippen molar-refractivity contribution in [2.24, 2.45) is 0 Å². The minimum absolute atomic E-state index is 0.0170. The average molecular weight is 271 g/mol. The summed E-state index contributed by atoms with van der Waals surface area (Å²) in [6.45, 7) is 3.72.